The summed E-state index contributed by atoms with van der Waals surface area (Å²) in [4.78, 5) is 6.18. The van der Waals surface area contributed by atoms with Crippen molar-refractivity contribution in [3.8, 4) is 0 Å². The second-order valence-electron chi connectivity index (χ2n) is 4.06. The van der Waals surface area contributed by atoms with Gasteiger partial charge in [0.25, 0.3) is 0 Å². The molecular weight excluding hydrogens is 273 g/mol. The Morgan fingerprint density at radius 1 is 1.41 bits per heavy atom. The summed E-state index contributed by atoms with van der Waals surface area (Å²) in [6.45, 7) is 0.832. The molecule has 7 heteroatoms. The molecule has 1 aromatic heterocycles. The summed E-state index contributed by atoms with van der Waals surface area (Å²) in [7, 11) is 0. The van der Waals surface area contributed by atoms with Crippen molar-refractivity contribution in [3.05, 3.63) is 11.1 Å². The van der Waals surface area contributed by atoms with Crippen molar-refractivity contribution in [2.75, 3.05) is 18.0 Å². The summed E-state index contributed by atoms with van der Waals surface area (Å²) in [5.74, 6) is -0.818. The first-order valence-electron chi connectivity index (χ1n) is 5.32. The zero-order valence-electron chi connectivity index (χ0n) is 9.00. The molecule has 1 aromatic rings. The fourth-order valence-corrected chi connectivity index (χ4v) is 3.01. The second kappa shape index (κ2) is 5.02. The van der Waals surface area contributed by atoms with Gasteiger partial charge in [-0.1, -0.05) is 0 Å². The van der Waals surface area contributed by atoms with E-state index in [1.807, 2.05) is 10.3 Å². The lowest BCUT2D eigenvalue weighted by Gasteiger charge is -2.32. The number of aromatic nitrogens is 1. The van der Waals surface area contributed by atoms with Crippen molar-refractivity contribution in [2.24, 2.45) is 5.92 Å². The first-order valence-corrected chi connectivity index (χ1v) is 6.74. The smallest absolute Gasteiger partial charge is 0.348 e. The first-order chi connectivity index (χ1) is 8.00. The molecule has 0 aliphatic carbocycles. The molecule has 2 rings (SSSR count). The molecule has 1 aliphatic heterocycles. The molecule has 2 heterocycles. The minimum atomic E-state index is -4.06. The Bertz CT molecular complexity index is 372. The highest BCUT2D eigenvalue weighted by molar-refractivity contribution is 7.13. The second-order valence-corrected chi connectivity index (χ2v) is 5.16. The van der Waals surface area contributed by atoms with E-state index < -0.39 is 12.1 Å². The maximum atomic E-state index is 12.5. The van der Waals surface area contributed by atoms with Gasteiger partial charge in [0, 0.05) is 18.5 Å². The van der Waals surface area contributed by atoms with E-state index in [-0.39, 0.29) is 12.8 Å². The maximum Gasteiger partial charge on any atom is 0.391 e. The number of thiazole rings is 1. The molecule has 96 valence electrons. The lowest BCUT2D eigenvalue weighted by molar-refractivity contribution is -0.179. The average molecular weight is 285 g/mol. The highest BCUT2D eigenvalue weighted by Gasteiger charge is 2.41. The fourth-order valence-electron chi connectivity index (χ4n) is 1.90. The van der Waals surface area contributed by atoms with Gasteiger partial charge in [0.1, 0.15) is 0 Å². The van der Waals surface area contributed by atoms with Gasteiger partial charge in [-0.05, 0) is 12.8 Å². The number of hydrogen-bond acceptors (Lipinski definition) is 3. The fraction of sp³-hybridized carbons (Fsp3) is 0.700. The van der Waals surface area contributed by atoms with Gasteiger partial charge in [0.2, 0.25) is 0 Å². The highest BCUT2D eigenvalue weighted by atomic mass is 35.5. The minimum Gasteiger partial charge on any atom is -0.348 e. The van der Waals surface area contributed by atoms with Gasteiger partial charge in [0.05, 0.1) is 17.5 Å². The molecule has 17 heavy (non-hydrogen) atoms. The van der Waals surface area contributed by atoms with Gasteiger partial charge in [-0.2, -0.15) is 13.2 Å². The van der Waals surface area contributed by atoms with E-state index >= 15 is 0 Å². The molecule has 0 N–H and O–H groups in total. The van der Waals surface area contributed by atoms with E-state index in [0.717, 1.165) is 10.8 Å². The van der Waals surface area contributed by atoms with E-state index in [1.165, 1.54) is 11.3 Å². The summed E-state index contributed by atoms with van der Waals surface area (Å²) in [6, 6.07) is 0. The van der Waals surface area contributed by atoms with Gasteiger partial charge < -0.3 is 4.90 Å². The number of anilines is 1. The van der Waals surface area contributed by atoms with Crippen LogP contribution in [0.15, 0.2) is 5.38 Å². The predicted octanol–water partition coefficient (Wildman–Crippen LogP) is 3.66. The van der Waals surface area contributed by atoms with Gasteiger partial charge in [-0.25, -0.2) is 4.98 Å². The molecule has 1 fully saturated rings. The Morgan fingerprint density at radius 2 is 2.06 bits per heavy atom. The summed E-state index contributed by atoms with van der Waals surface area (Å²) in [5.41, 5.74) is 0.782. The first kappa shape index (κ1) is 13.0. The van der Waals surface area contributed by atoms with Gasteiger partial charge in [-0.15, -0.1) is 22.9 Å². The highest BCUT2D eigenvalue weighted by Crippen LogP contribution is 2.35. The van der Waals surface area contributed by atoms with Gasteiger partial charge >= 0.3 is 6.18 Å². The third-order valence-corrected chi connectivity index (χ3v) is 4.13. The molecule has 2 nitrogen and oxygen atoms in total. The average Bonchev–Trinajstić information content (AvgIpc) is 2.76. The van der Waals surface area contributed by atoms with E-state index in [0.29, 0.717) is 19.0 Å². The van der Waals surface area contributed by atoms with E-state index in [1.54, 1.807) is 0 Å². The van der Waals surface area contributed by atoms with Crippen LogP contribution in [0.1, 0.15) is 18.5 Å². The normalized spacial score (nSPS) is 18.7. The van der Waals surface area contributed by atoms with E-state index in [9.17, 15) is 13.2 Å². The molecule has 0 amide bonds. The summed E-state index contributed by atoms with van der Waals surface area (Å²) in [6.07, 6.45) is -3.76. The zero-order chi connectivity index (χ0) is 12.5. The minimum absolute atomic E-state index is 0.152. The SMILES string of the molecule is FC(F)(F)C1CCN(c2nc(CCl)cs2)CC1. The number of alkyl halides is 4. The lowest BCUT2D eigenvalue weighted by atomic mass is 9.97. The monoisotopic (exact) mass is 284 g/mol. The van der Waals surface area contributed by atoms with Crippen LogP contribution in [0.2, 0.25) is 0 Å². The molecule has 0 spiro atoms. The lowest BCUT2D eigenvalue weighted by Crippen LogP contribution is -2.38. The molecule has 0 bridgehead atoms. The zero-order valence-corrected chi connectivity index (χ0v) is 10.6. The number of nitrogens with zero attached hydrogens (tertiary/aromatic N) is 2. The Morgan fingerprint density at radius 3 is 2.53 bits per heavy atom. The van der Waals surface area contributed by atoms with Crippen LogP contribution in [0.3, 0.4) is 0 Å². The third-order valence-electron chi connectivity index (χ3n) is 2.90. The van der Waals surface area contributed by atoms with Crippen molar-refractivity contribution in [1.29, 1.82) is 0 Å². The Kier molecular flexibility index (Phi) is 3.82. The van der Waals surface area contributed by atoms with Gasteiger partial charge in [-0.3, -0.25) is 0 Å². The quantitative estimate of drug-likeness (QED) is 0.771. The maximum absolute atomic E-state index is 12.5. The summed E-state index contributed by atoms with van der Waals surface area (Å²) >= 11 is 7.08. The van der Waals surface area contributed by atoms with Crippen molar-refractivity contribution >= 4 is 28.1 Å². The number of halogens is 4. The Hall–Kier alpha value is -0.490. The number of piperidine rings is 1. The molecule has 0 unspecified atom stereocenters. The van der Waals surface area contributed by atoms with Crippen LogP contribution in [-0.4, -0.2) is 24.2 Å². The van der Waals surface area contributed by atoms with Crippen molar-refractivity contribution in [2.45, 2.75) is 24.9 Å². The van der Waals surface area contributed by atoms with Crippen LogP contribution in [0.25, 0.3) is 0 Å². The summed E-state index contributed by atoms with van der Waals surface area (Å²) in [5, 5.41) is 2.62. The molecule has 1 saturated heterocycles. The van der Waals surface area contributed by atoms with E-state index in [4.69, 9.17) is 11.6 Å². The molecule has 1 aliphatic rings. The Balaban J connectivity index is 1.95. The Labute approximate surface area is 106 Å². The number of rotatable bonds is 2. The third kappa shape index (κ3) is 3.04. The van der Waals surface area contributed by atoms with Crippen LogP contribution < -0.4 is 4.90 Å². The molecule has 0 atom stereocenters. The number of hydrogen-bond donors (Lipinski definition) is 0. The predicted molar refractivity (Wildman–Crippen MR) is 62.7 cm³/mol. The van der Waals surface area contributed by atoms with Crippen molar-refractivity contribution in [1.82, 2.24) is 4.98 Å². The van der Waals surface area contributed by atoms with Crippen LogP contribution in [-0.2, 0) is 5.88 Å². The molecular formula is C10H12ClF3N2S. The standard InChI is InChI=1S/C10H12ClF3N2S/c11-5-8-6-17-9(15-8)16-3-1-7(2-4-16)10(12,13)14/h6-7H,1-5H2. The van der Waals surface area contributed by atoms with Crippen molar-refractivity contribution < 1.29 is 13.2 Å². The largest absolute Gasteiger partial charge is 0.391 e. The van der Waals surface area contributed by atoms with Crippen LogP contribution in [0.5, 0.6) is 0 Å². The van der Waals surface area contributed by atoms with E-state index in [2.05, 4.69) is 4.98 Å². The van der Waals surface area contributed by atoms with Crippen molar-refractivity contribution in [3.63, 3.8) is 0 Å². The summed E-state index contributed by atoms with van der Waals surface area (Å²) < 4.78 is 37.4. The molecule has 0 radical (unpaired) electrons. The van der Waals surface area contributed by atoms with Crippen LogP contribution in [0.4, 0.5) is 18.3 Å². The van der Waals surface area contributed by atoms with Crippen LogP contribution >= 0.6 is 22.9 Å². The van der Waals surface area contributed by atoms with Gasteiger partial charge in [0.15, 0.2) is 5.13 Å². The molecule has 0 aromatic carbocycles. The topological polar surface area (TPSA) is 16.1 Å². The van der Waals surface area contributed by atoms with Crippen LogP contribution in [0, 0.1) is 5.92 Å². The molecule has 0 saturated carbocycles.